The van der Waals surface area contributed by atoms with Gasteiger partial charge in [-0.25, -0.2) is 14.6 Å². The standard InChI is InChI=1S/C25H26N6O2/c1-16-13-17(2)27-25(26-16)31-19(4)22(18(3)29-31)14-23(32)28-21-10-8-20(9-11-21)15-30-12-6-5-7-24(30)33/h5-13H,14-15H2,1-4H3,(H,28,32). The van der Waals surface area contributed by atoms with Crippen LogP contribution in [0.1, 0.15) is 33.9 Å². The van der Waals surface area contributed by atoms with Gasteiger partial charge in [0, 0.05) is 40.6 Å². The normalized spacial score (nSPS) is 10.9. The second-order valence-electron chi connectivity index (χ2n) is 8.10. The summed E-state index contributed by atoms with van der Waals surface area (Å²) in [6.45, 7) is 8.12. The molecular weight excluding hydrogens is 416 g/mol. The molecule has 33 heavy (non-hydrogen) atoms. The molecule has 0 spiro atoms. The van der Waals surface area contributed by atoms with Crippen molar-refractivity contribution < 1.29 is 4.79 Å². The SMILES string of the molecule is Cc1cc(C)nc(-n2nc(C)c(CC(=O)Nc3ccc(Cn4ccccc4=O)cc3)c2C)n1. The molecule has 0 atom stereocenters. The second kappa shape index (κ2) is 9.20. The summed E-state index contributed by atoms with van der Waals surface area (Å²) in [4.78, 5) is 33.6. The summed E-state index contributed by atoms with van der Waals surface area (Å²) < 4.78 is 3.33. The van der Waals surface area contributed by atoms with Crippen molar-refractivity contribution in [2.75, 3.05) is 5.32 Å². The van der Waals surface area contributed by atoms with Gasteiger partial charge in [0.25, 0.3) is 11.5 Å². The number of amides is 1. The Morgan fingerprint density at radius 1 is 0.970 bits per heavy atom. The van der Waals surface area contributed by atoms with Gasteiger partial charge in [0.05, 0.1) is 18.7 Å². The minimum Gasteiger partial charge on any atom is -0.326 e. The summed E-state index contributed by atoms with van der Waals surface area (Å²) >= 11 is 0. The van der Waals surface area contributed by atoms with Crippen LogP contribution in [-0.2, 0) is 17.8 Å². The molecule has 0 unspecified atom stereocenters. The van der Waals surface area contributed by atoms with Gasteiger partial charge in [-0.15, -0.1) is 0 Å². The lowest BCUT2D eigenvalue weighted by Crippen LogP contribution is -2.18. The maximum Gasteiger partial charge on any atom is 0.251 e. The Bertz CT molecular complexity index is 1350. The zero-order valence-corrected chi connectivity index (χ0v) is 19.2. The van der Waals surface area contributed by atoms with Gasteiger partial charge in [-0.1, -0.05) is 18.2 Å². The van der Waals surface area contributed by atoms with Gasteiger partial charge in [-0.2, -0.15) is 5.10 Å². The van der Waals surface area contributed by atoms with Crippen LogP contribution in [0.25, 0.3) is 5.95 Å². The van der Waals surface area contributed by atoms with E-state index in [9.17, 15) is 9.59 Å². The van der Waals surface area contributed by atoms with Crippen molar-refractivity contribution in [2.24, 2.45) is 0 Å². The summed E-state index contributed by atoms with van der Waals surface area (Å²) in [6, 6.07) is 14.5. The number of benzene rings is 1. The molecule has 0 saturated heterocycles. The summed E-state index contributed by atoms with van der Waals surface area (Å²) in [5, 5.41) is 7.50. The van der Waals surface area contributed by atoms with Crippen molar-refractivity contribution in [2.45, 2.75) is 40.7 Å². The van der Waals surface area contributed by atoms with E-state index in [-0.39, 0.29) is 17.9 Å². The lowest BCUT2D eigenvalue weighted by atomic mass is 10.1. The third-order valence-electron chi connectivity index (χ3n) is 5.43. The molecule has 0 bridgehead atoms. The number of nitrogens with one attached hydrogen (secondary N) is 1. The van der Waals surface area contributed by atoms with Crippen molar-refractivity contribution in [3.63, 3.8) is 0 Å². The van der Waals surface area contributed by atoms with Gasteiger partial charge in [0.2, 0.25) is 5.91 Å². The third kappa shape index (κ3) is 5.06. The first-order valence-corrected chi connectivity index (χ1v) is 10.7. The van der Waals surface area contributed by atoms with E-state index in [0.29, 0.717) is 18.2 Å². The number of aromatic nitrogens is 5. The molecule has 4 aromatic rings. The first-order valence-electron chi connectivity index (χ1n) is 10.7. The predicted molar refractivity (Wildman–Crippen MR) is 127 cm³/mol. The Morgan fingerprint density at radius 3 is 2.33 bits per heavy atom. The molecule has 168 valence electrons. The average Bonchev–Trinajstić information content (AvgIpc) is 3.04. The van der Waals surface area contributed by atoms with Crippen molar-refractivity contribution in [3.05, 3.63) is 99.0 Å². The average molecular weight is 443 g/mol. The van der Waals surface area contributed by atoms with Gasteiger partial charge >= 0.3 is 0 Å². The topological polar surface area (TPSA) is 94.7 Å². The van der Waals surface area contributed by atoms with Crippen LogP contribution in [0.3, 0.4) is 0 Å². The Balaban J connectivity index is 1.45. The molecule has 8 heteroatoms. The van der Waals surface area contributed by atoms with Crippen molar-refractivity contribution in [1.82, 2.24) is 24.3 Å². The Hall–Kier alpha value is -4.07. The summed E-state index contributed by atoms with van der Waals surface area (Å²) in [7, 11) is 0. The van der Waals surface area contributed by atoms with Gasteiger partial charge in [0.15, 0.2) is 0 Å². The lowest BCUT2D eigenvalue weighted by molar-refractivity contribution is -0.115. The molecule has 0 saturated carbocycles. The van der Waals surface area contributed by atoms with Crippen molar-refractivity contribution in [1.29, 1.82) is 0 Å². The zero-order chi connectivity index (χ0) is 23.5. The fourth-order valence-electron chi connectivity index (χ4n) is 3.77. The minimum atomic E-state index is -0.130. The molecule has 1 aromatic carbocycles. The fraction of sp³-hybridized carbons (Fsp3) is 0.240. The molecule has 0 fully saturated rings. The first-order chi connectivity index (χ1) is 15.8. The van der Waals surface area contributed by atoms with Gasteiger partial charge in [0.1, 0.15) is 0 Å². The zero-order valence-electron chi connectivity index (χ0n) is 19.2. The number of hydrogen-bond donors (Lipinski definition) is 1. The minimum absolute atomic E-state index is 0.0487. The van der Waals surface area contributed by atoms with E-state index in [4.69, 9.17) is 0 Å². The molecule has 1 amide bonds. The molecule has 0 aliphatic rings. The maximum absolute atomic E-state index is 12.7. The summed E-state index contributed by atoms with van der Waals surface area (Å²) in [5.41, 5.74) is 5.83. The number of rotatable bonds is 6. The van der Waals surface area contributed by atoms with E-state index >= 15 is 0 Å². The lowest BCUT2D eigenvalue weighted by Gasteiger charge is -2.09. The third-order valence-corrected chi connectivity index (χ3v) is 5.43. The molecule has 0 aliphatic heterocycles. The number of carbonyl (C=O) groups excluding carboxylic acids is 1. The highest BCUT2D eigenvalue weighted by molar-refractivity contribution is 5.92. The number of nitrogens with zero attached hydrogens (tertiary/aromatic N) is 5. The number of aryl methyl sites for hydroxylation is 3. The van der Waals surface area contributed by atoms with Gasteiger partial charge < -0.3 is 9.88 Å². The van der Waals surface area contributed by atoms with E-state index in [1.807, 2.05) is 64.1 Å². The van der Waals surface area contributed by atoms with Crippen LogP contribution in [0, 0.1) is 27.7 Å². The van der Waals surface area contributed by atoms with Crippen LogP contribution >= 0.6 is 0 Å². The van der Waals surface area contributed by atoms with Gasteiger partial charge in [-0.05, 0) is 57.5 Å². The van der Waals surface area contributed by atoms with Crippen molar-refractivity contribution >= 4 is 11.6 Å². The molecule has 0 radical (unpaired) electrons. The molecule has 3 heterocycles. The van der Waals surface area contributed by atoms with Crippen LogP contribution in [-0.4, -0.2) is 30.2 Å². The molecule has 3 aromatic heterocycles. The van der Waals surface area contributed by atoms with E-state index in [1.54, 1.807) is 21.5 Å². The van der Waals surface area contributed by atoms with E-state index in [1.165, 1.54) is 6.07 Å². The number of anilines is 1. The maximum atomic E-state index is 12.7. The van der Waals surface area contributed by atoms with Crippen LogP contribution in [0.2, 0.25) is 0 Å². The summed E-state index contributed by atoms with van der Waals surface area (Å²) in [5.74, 6) is 0.377. The van der Waals surface area contributed by atoms with Crippen LogP contribution in [0.5, 0.6) is 0 Å². The molecule has 4 rings (SSSR count). The molecule has 0 aliphatic carbocycles. The smallest absolute Gasteiger partial charge is 0.251 e. The largest absolute Gasteiger partial charge is 0.326 e. The summed E-state index contributed by atoms with van der Waals surface area (Å²) in [6.07, 6.45) is 1.95. The van der Waals surface area contributed by atoms with E-state index < -0.39 is 0 Å². The van der Waals surface area contributed by atoms with E-state index in [0.717, 1.165) is 33.9 Å². The molecule has 8 nitrogen and oxygen atoms in total. The highest BCUT2D eigenvalue weighted by Gasteiger charge is 2.18. The second-order valence-corrected chi connectivity index (χ2v) is 8.10. The monoisotopic (exact) mass is 442 g/mol. The van der Waals surface area contributed by atoms with Crippen LogP contribution in [0.15, 0.2) is 59.5 Å². The highest BCUT2D eigenvalue weighted by atomic mass is 16.1. The predicted octanol–water partition coefficient (Wildman–Crippen LogP) is 3.29. The highest BCUT2D eigenvalue weighted by Crippen LogP contribution is 2.18. The van der Waals surface area contributed by atoms with Crippen LogP contribution < -0.4 is 10.9 Å². The Labute approximate surface area is 192 Å². The van der Waals surface area contributed by atoms with Crippen LogP contribution in [0.4, 0.5) is 5.69 Å². The van der Waals surface area contributed by atoms with Gasteiger partial charge in [-0.3, -0.25) is 9.59 Å². The number of hydrogen-bond acceptors (Lipinski definition) is 5. The quantitative estimate of drug-likeness (QED) is 0.494. The Kier molecular flexibility index (Phi) is 6.17. The number of carbonyl (C=O) groups is 1. The molecule has 1 N–H and O–H groups in total. The molecular formula is C25H26N6O2. The van der Waals surface area contributed by atoms with E-state index in [2.05, 4.69) is 20.4 Å². The first kappa shape index (κ1) is 22.1. The van der Waals surface area contributed by atoms with Crippen molar-refractivity contribution in [3.8, 4) is 5.95 Å². The number of pyridine rings is 1. The fourth-order valence-corrected chi connectivity index (χ4v) is 3.77. The Morgan fingerprint density at radius 2 is 1.67 bits per heavy atom.